The van der Waals surface area contributed by atoms with Crippen molar-refractivity contribution in [3.05, 3.63) is 35.9 Å². The summed E-state index contributed by atoms with van der Waals surface area (Å²) in [6.45, 7) is 2.21. The first-order valence-electron chi connectivity index (χ1n) is 6.40. The molecule has 0 aliphatic carbocycles. The lowest BCUT2D eigenvalue weighted by Gasteiger charge is -2.14. The van der Waals surface area contributed by atoms with Gasteiger partial charge in [0.1, 0.15) is 0 Å². The minimum atomic E-state index is -0.477. The predicted octanol–water partition coefficient (Wildman–Crippen LogP) is 1.13. The summed E-state index contributed by atoms with van der Waals surface area (Å²) in [5.74, 6) is 0.364. The first-order chi connectivity index (χ1) is 8.75. The van der Waals surface area contributed by atoms with Crippen LogP contribution >= 0.6 is 12.4 Å². The monoisotopic (exact) mass is 284 g/mol. The van der Waals surface area contributed by atoms with Gasteiger partial charge in [0.05, 0.1) is 12.6 Å². The summed E-state index contributed by atoms with van der Waals surface area (Å²) in [5, 5.41) is 2.90. The number of nitrogens with one attached hydrogen (secondary N) is 1. The third-order valence-corrected chi connectivity index (χ3v) is 3.22. The van der Waals surface area contributed by atoms with Crippen LogP contribution in [0.2, 0.25) is 0 Å². The third kappa shape index (κ3) is 5.19. The molecule has 0 radical (unpaired) electrons. The van der Waals surface area contributed by atoms with Crippen LogP contribution in [0, 0.1) is 5.92 Å². The second kappa shape index (κ2) is 8.15. The number of ether oxygens (including phenoxy) is 1. The van der Waals surface area contributed by atoms with E-state index in [0.29, 0.717) is 18.9 Å². The van der Waals surface area contributed by atoms with Gasteiger partial charge in [-0.05, 0) is 18.4 Å². The molecule has 1 saturated heterocycles. The highest BCUT2D eigenvalue weighted by atomic mass is 35.5. The Morgan fingerprint density at radius 3 is 2.79 bits per heavy atom. The van der Waals surface area contributed by atoms with Crippen LogP contribution < -0.4 is 11.1 Å². The molecule has 1 aromatic rings. The first kappa shape index (κ1) is 16.0. The Morgan fingerprint density at radius 2 is 2.16 bits per heavy atom. The minimum absolute atomic E-state index is 0. The Balaban J connectivity index is 0.00000180. The van der Waals surface area contributed by atoms with E-state index in [1.165, 1.54) is 0 Å². The van der Waals surface area contributed by atoms with Crippen molar-refractivity contribution >= 4 is 18.3 Å². The Hall–Kier alpha value is -1.10. The molecular weight excluding hydrogens is 264 g/mol. The SMILES string of the molecule is Cl.NC(Cc1ccccc1)C(=O)NCC1CCOC1. The van der Waals surface area contributed by atoms with Gasteiger partial charge in [0.15, 0.2) is 0 Å². The Labute approximate surface area is 120 Å². The van der Waals surface area contributed by atoms with Gasteiger partial charge in [-0.25, -0.2) is 0 Å². The van der Waals surface area contributed by atoms with Gasteiger partial charge in [0, 0.05) is 19.1 Å². The van der Waals surface area contributed by atoms with Crippen LogP contribution in [0.1, 0.15) is 12.0 Å². The molecule has 0 bridgehead atoms. The molecule has 2 rings (SSSR count). The van der Waals surface area contributed by atoms with E-state index >= 15 is 0 Å². The van der Waals surface area contributed by atoms with Gasteiger partial charge in [-0.3, -0.25) is 4.79 Å². The summed E-state index contributed by atoms with van der Waals surface area (Å²) in [5.41, 5.74) is 6.98. The lowest BCUT2D eigenvalue weighted by molar-refractivity contribution is -0.122. The summed E-state index contributed by atoms with van der Waals surface area (Å²) in [6, 6.07) is 9.35. The van der Waals surface area contributed by atoms with Gasteiger partial charge >= 0.3 is 0 Å². The molecule has 19 heavy (non-hydrogen) atoms. The van der Waals surface area contributed by atoms with E-state index < -0.39 is 6.04 Å². The van der Waals surface area contributed by atoms with Crippen LogP contribution in [0.4, 0.5) is 0 Å². The number of rotatable bonds is 5. The van der Waals surface area contributed by atoms with Crippen LogP contribution in [0.5, 0.6) is 0 Å². The molecule has 0 saturated carbocycles. The molecule has 0 spiro atoms. The van der Waals surface area contributed by atoms with E-state index in [1.54, 1.807) is 0 Å². The molecule has 0 aromatic heterocycles. The smallest absolute Gasteiger partial charge is 0.237 e. The lowest BCUT2D eigenvalue weighted by atomic mass is 10.1. The topological polar surface area (TPSA) is 64.4 Å². The van der Waals surface area contributed by atoms with E-state index in [1.807, 2.05) is 30.3 Å². The van der Waals surface area contributed by atoms with Crippen molar-refractivity contribution in [3.8, 4) is 0 Å². The van der Waals surface area contributed by atoms with Crippen molar-refractivity contribution in [1.29, 1.82) is 0 Å². The molecule has 4 nitrogen and oxygen atoms in total. The standard InChI is InChI=1S/C14H20N2O2.ClH/c15-13(8-11-4-2-1-3-5-11)14(17)16-9-12-6-7-18-10-12;/h1-5,12-13H,6-10,15H2,(H,16,17);1H. The van der Waals surface area contributed by atoms with Gasteiger partial charge in [0.25, 0.3) is 0 Å². The van der Waals surface area contributed by atoms with E-state index in [2.05, 4.69) is 5.32 Å². The maximum atomic E-state index is 11.8. The molecular formula is C14H21ClN2O2. The number of hydrogen-bond donors (Lipinski definition) is 2. The fourth-order valence-electron chi connectivity index (χ4n) is 2.08. The molecule has 106 valence electrons. The normalized spacial score (nSPS) is 19.5. The number of nitrogens with two attached hydrogens (primary N) is 1. The maximum absolute atomic E-state index is 11.8. The van der Waals surface area contributed by atoms with E-state index in [9.17, 15) is 4.79 Å². The maximum Gasteiger partial charge on any atom is 0.237 e. The quantitative estimate of drug-likeness (QED) is 0.852. The summed E-state index contributed by atoms with van der Waals surface area (Å²) in [7, 11) is 0. The second-order valence-electron chi connectivity index (χ2n) is 4.77. The Kier molecular flexibility index (Phi) is 6.84. The molecule has 1 amide bonds. The molecule has 1 aliphatic rings. The second-order valence-corrected chi connectivity index (χ2v) is 4.77. The third-order valence-electron chi connectivity index (χ3n) is 3.22. The zero-order chi connectivity index (χ0) is 12.8. The van der Waals surface area contributed by atoms with Gasteiger partial charge in [-0.1, -0.05) is 30.3 Å². The molecule has 5 heteroatoms. The predicted molar refractivity (Wildman–Crippen MR) is 77.3 cm³/mol. The Bertz CT molecular complexity index is 380. The minimum Gasteiger partial charge on any atom is -0.381 e. The fraction of sp³-hybridized carbons (Fsp3) is 0.500. The molecule has 1 aromatic carbocycles. The number of carbonyl (C=O) groups excluding carboxylic acids is 1. The van der Waals surface area contributed by atoms with Crippen LogP contribution in [0.25, 0.3) is 0 Å². The summed E-state index contributed by atoms with van der Waals surface area (Å²) in [6.07, 6.45) is 1.60. The summed E-state index contributed by atoms with van der Waals surface area (Å²) < 4.78 is 5.26. The highest BCUT2D eigenvalue weighted by Crippen LogP contribution is 2.10. The average Bonchev–Trinajstić information content (AvgIpc) is 2.90. The van der Waals surface area contributed by atoms with Gasteiger partial charge in [-0.15, -0.1) is 12.4 Å². The molecule has 1 fully saturated rings. The van der Waals surface area contributed by atoms with Gasteiger partial charge in [0.2, 0.25) is 5.91 Å². The van der Waals surface area contributed by atoms with E-state index in [4.69, 9.17) is 10.5 Å². The molecule has 2 atom stereocenters. The van der Waals surface area contributed by atoms with Gasteiger partial charge in [-0.2, -0.15) is 0 Å². The number of halogens is 1. The number of benzene rings is 1. The fourth-order valence-corrected chi connectivity index (χ4v) is 2.08. The Morgan fingerprint density at radius 1 is 1.42 bits per heavy atom. The number of hydrogen-bond acceptors (Lipinski definition) is 3. The van der Waals surface area contributed by atoms with Gasteiger partial charge < -0.3 is 15.8 Å². The van der Waals surface area contributed by atoms with Crippen molar-refractivity contribution in [2.24, 2.45) is 11.7 Å². The van der Waals surface area contributed by atoms with Crippen LogP contribution in [-0.2, 0) is 16.0 Å². The lowest BCUT2D eigenvalue weighted by Crippen LogP contribution is -2.43. The van der Waals surface area contributed by atoms with Crippen molar-refractivity contribution < 1.29 is 9.53 Å². The largest absolute Gasteiger partial charge is 0.381 e. The van der Waals surface area contributed by atoms with Crippen molar-refractivity contribution in [2.75, 3.05) is 19.8 Å². The average molecular weight is 285 g/mol. The van der Waals surface area contributed by atoms with Crippen LogP contribution in [0.3, 0.4) is 0 Å². The van der Waals surface area contributed by atoms with Crippen molar-refractivity contribution in [3.63, 3.8) is 0 Å². The molecule has 1 heterocycles. The van der Waals surface area contributed by atoms with E-state index in [0.717, 1.165) is 25.2 Å². The highest BCUT2D eigenvalue weighted by Gasteiger charge is 2.19. The van der Waals surface area contributed by atoms with Crippen molar-refractivity contribution in [1.82, 2.24) is 5.32 Å². The van der Waals surface area contributed by atoms with Crippen LogP contribution in [0.15, 0.2) is 30.3 Å². The van der Waals surface area contributed by atoms with E-state index in [-0.39, 0.29) is 18.3 Å². The molecule has 2 unspecified atom stereocenters. The summed E-state index contributed by atoms with van der Waals surface area (Å²) in [4.78, 5) is 11.8. The summed E-state index contributed by atoms with van der Waals surface area (Å²) >= 11 is 0. The zero-order valence-electron chi connectivity index (χ0n) is 10.9. The zero-order valence-corrected chi connectivity index (χ0v) is 11.7. The highest BCUT2D eigenvalue weighted by molar-refractivity contribution is 5.85. The van der Waals surface area contributed by atoms with Crippen molar-refractivity contribution in [2.45, 2.75) is 18.9 Å². The molecule has 3 N–H and O–H groups in total. The number of carbonyl (C=O) groups is 1. The molecule has 1 aliphatic heterocycles. The first-order valence-corrected chi connectivity index (χ1v) is 6.40. The van der Waals surface area contributed by atoms with Crippen LogP contribution in [-0.4, -0.2) is 31.7 Å². The number of amides is 1.